The molecule has 0 spiro atoms. The van der Waals surface area contributed by atoms with E-state index in [4.69, 9.17) is 0 Å². The lowest BCUT2D eigenvalue weighted by atomic mass is 10.1. The maximum absolute atomic E-state index is 13.1. The monoisotopic (exact) mass is 399 g/mol. The van der Waals surface area contributed by atoms with Crippen LogP contribution in [0.15, 0.2) is 73.1 Å². The van der Waals surface area contributed by atoms with Gasteiger partial charge in [0.25, 0.3) is 11.8 Å². The highest BCUT2D eigenvalue weighted by Gasteiger charge is 2.34. The van der Waals surface area contributed by atoms with Crippen LogP contribution in [0.1, 0.15) is 31.8 Å². The number of rotatable bonds is 5. The minimum Gasteiger partial charge on any atom is -0.348 e. The topological polar surface area (TPSA) is 71.1 Å². The summed E-state index contributed by atoms with van der Waals surface area (Å²) < 4.78 is 39.3. The van der Waals surface area contributed by atoms with Crippen LogP contribution in [0.25, 0.3) is 0 Å². The third kappa shape index (κ3) is 4.98. The average Bonchev–Trinajstić information content (AvgIpc) is 2.73. The Hall–Kier alpha value is -3.68. The summed E-state index contributed by atoms with van der Waals surface area (Å²) in [6.07, 6.45) is -1.68. The fourth-order valence-electron chi connectivity index (χ4n) is 2.69. The number of benzene rings is 2. The first-order valence-electron chi connectivity index (χ1n) is 8.60. The quantitative estimate of drug-likeness (QED) is 0.673. The molecule has 2 aromatic carbocycles. The van der Waals surface area contributed by atoms with E-state index >= 15 is 0 Å². The van der Waals surface area contributed by atoms with E-state index in [0.29, 0.717) is 16.8 Å². The van der Waals surface area contributed by atoms with Crippen molar-refractivity contribution in [3.05, 3.63) is 95.3 Å². The molecule has 0 fully saturated rings. The van der Waals surface area contributed by atoms with Crippen LogP contribution in [0.4, 0.5) is 18.9 Å². The van der Waals surface area contributed by atoms with E-state index in [1.165, 1.54) is 18.3 Å². The van der Waals surface area contributed by atoms with Crippen molar-refractivity contribution in [1.29, 1.82) is 0 Å². The molecule has 0 radical (unpaired) electrons. The maximum atomic E-state index is 13.1. The van der Waals surface area contributed by atoms with Crippen LogP contribution in [-0.2, 0) is 12.7 Å². The smallest absolute Gasteiger partial charge is 0.348 e. The van der Waals surface area contributed by atoms with Crippen molar-refractivity contribution < 1.29 is 22.8 Å². The Bertz CT molecular complexity index is 1020. The summed E-state index contributed by atoms with van der Waals surface area (Å²) in [7, 11) is 0. The normalized spacial score (nSPS) is 11.0. The van der Waals surface area contributed by atoms with Gasteiger partial charge in [-0.3, -0.25) is 14.6 Å². The molecule has 0 saturated heterocycles. The van der Waals surface area contributed by atoms with Gasteiger partial charge in [-0.2, -0.15) is 13.2 Å². The molecule has 0 aliphatic carbocycles. The van der Waals surface area contributed by atoms with Crippen molar-refractivity contribution in [1.82, 2.24) is 10.3 Å². The first-order valence-corrected chi connectivity index (χ1v) is 8.60. The Labute approximate surface area is 164 Å². The van der Waals surface area contributed by atoms with Crippen LogP contribution in [0, 0.1) is 0 Å². The third-order valence-electron chi connectivity index (χ3n) is 4.11. The van der Waals surface area contributed by atoms with E-state index in [1.807, 2.05) is 0 Å². The Balaban J connectivity index is 1.74. The standard InChI is InChI=1S/C21H16F3N3O2/c22-21(23,24)17-9-3-2-8-16(17)20(29)26-13-14-6-1-4-10-18(14)27-19(28)15-7-5-11-25-12-15/h1-12H,13H2,(H,26,29)(H,27,28). The minimum absolute atomic E-state index is 0.0610. The first-order chi connectivity index (χ1) is 13.9. The van der Waals surface area contributed by atoms with Gasteiger partial charge in [-0.05, 0) is 35.9 Å². The second-order valence-electron chi connectivity index (χ2n) is 6.08. The Morgan fingerprint density at radius 2 is 1.62 bits per heavy atom. The van der Waals surface area contributed by atoms with Crippen LogP contribution in [0.3, 0.4) is 0 Å². The molecule has 148 valence electrons. The highest BCUT2D eigenvalue weighted by molar-refractivity contribution is 6.04. The van der Waals surface area contributed by atoms with E-state index < -0.39 is 23.2 Å². The van der Waals surface area contributed by atoms with Crippen LogP contribution >= 0.6 is 0 Å². The number of carbonyl (C=O) groups excluding carboxylic acids is 2. The van der Waals surface area contributed by atoms with Crippen molar-refractivity contribution in [2.75, 3.05) is 5.32 Å². The molecule has 1 heterocycles. The second kappa shape index (κ2) is 8.55. The lowest BCUT2D eigenvalue weighted by molar-refractivity contribution is -0.137. The highest BCUT2D eigenvalue weighted by atomic mass is 19.4. The molecular weight excluding hydrogens is 383 g/mol. The molecule has 2 amide bonds. The number of carbonyl (C=O) groups is 2. The summed E-state index contributed by atoms with van der Waals surface area (Å²) in [4.78, 5) is 28.5. The van der Waals surface area contributed by atoms with Gasteiger partial charge >= 0.3 is 6.18 Å². The van der Waals surface area contributed by atoms with E-state index in [9.17, 15) is 22.8 Å². The summed E-state index contributed by atoms with van der Waals surface area (Å²) in [5.74, 6) is -1.24. The van der Waals surface area contributed by atoms with Gasteiger partial charge in [-0.15, -0.1) is 0 Å². The Kier molecular flexibility index (Phi) is 5.92. The molecule has 5 nitrogen and oxygen atoms in total. The van der Waals surface area contributed by atoms with Crippen molar-refractivity contribution in [2.45, 2.75) is 12.7 Å². The molecule has 0 aliphatic rings. The van der Waals surface area contributed by atoms with Gasteiger partial charge in [-0.25, -0.2) is 0 Å². The van der Waals surface area contributed by atoms with Crippen LogP contribution < -0.4 is 10.6 Å². The number of amides is 2. The fourth-order valence-corrected chi connectivity index (χ4v) is 2.69. The van der Waals surface area contributed by atoms with Crippen LogP contribution in [-0.4, -0.2) is 16.8 Å². The van der Waals surface area contributed by atoms with Gasteiger partial charge in [-0.1, -0.05) is 30.3 Å². The van der Waals surface area contributed by atoms with E-state index in [0.717, 1.165) is 12.1 Å². The average molecular weight is 399 g/mol. The molecule has 1 aromatic heterocycles. The minimum atomic E-state index is -4.64. The number of aromatic nitrogens is 1. The molecule has 0 saturated carbocycles. The van der Waals surface area contributed by atoms with E-state index in [1.54, 1.807) is 42.6 Å². The molecule has 0 bridgehead atoms. The third-order valence-corrected chi connectivity index (χ3v) is 4.11. The van der Waals surface area contributed by atoms with Crippen LogP contribution in [0.5, 0.6) is 0 Å². The molecule has 3 rings (SSSR count). The van der Waals surface area contributed by atoms with Gasteiger partial charge in [0, 0.05) is 24.6 Å². The fraction of sp³-hybridized carbons (Fsp3) is 0.0952. The van der Waals surface area contributed by atoms with Crippen molar-refractivity contribution in [3.8, 4) is 0 Å². The number of para-hydroxylation sites is 1. The van der Waals surface area contributed by atoms with Crippen molar-refractivity contribution >= 4 is 17.5 Å². The zero-order valence-electron chi connectivity index (χ0n) is 15.0. The number of halogens is 3. The number of alkyl halides is 3. The summed E-state index contributed by atoms with van der Waals surface area (Å²) in [6, 6.07) is 14.5. The largest absolute Gasteiger partial charge is 0.417 e. The molecule has 3 aromatic rings. The van der Waals surface area contributed by atoms with Gasteiger partial charge in [0.1, 0.15) is 0 Å². The molecule has 0 unspecified atom stereocenters. The predicted molar refractivity (Wildman–Crippen MR) is 101 cm³/mol. The molecule has 0 aliphatic heterocycles. The van der Waals surface area contributed by atoms with E-state index in [2.05, 4.69) is 15.6 Å². The molecule has 0 atom stereocenters. The summed E-state index contributed by atoms with van der Waals surface area (Å²) in [5.41, 5.74) is -0.133. The lowest BCUT2D eigenvalue weighted by Gasteiger charge is -2.14. The zero-order valence-corrected chi connectivity index (χ0v) is 15.0. The van der Waals surface area contributed by atoms with E-state index in [-0.39, 0.29) is 12.5 Å². The predicted octanol–water partition coefficient (Wildman–Crippen LogP) is 4.28. The van der Waals surface area contributed by atoms with Crippen LogP contribution in [0.2, 0.25) is 0 Å². The number of hydrogen-bond donors (Lipinski definition) is 2. The Morgan fingerprint density at radius 3 is 2.34 bits per heavy atom. The number of anilines is 1. The number of pyridine rings is 1. The molecular formula is C21H16F3N3O2. The van der Waals surface area contributed by atoms with Gasteiger partial charge in [0.15, 0.2) is 0 Å². The number of nitrogens with one attached hydrogen (secondary N) is 2. The van der Waals surface area contributed by atoms with Crippen molar-refractivity contribution in [2.24, 2.45) is 0 Å². The molecule has 29 heavy (non-hydrogen) atoms. The summed E-state index contributed by atoms with van der Waals surface area (Å²) >= 11 is 0. The number of nitrogens with zero attached hydrogens (tertiary/aromatic N) is 1. The lowest BCUT2D eigenvalue weighted by Crippen LogP contribution is -2.26. The second-order valence-corrected chi connectivity index (χ2v) is 6.08. The Morgan fingerprint density at radius 1 is 0.897 bits per heavy atom. The van der Waals surface area contributed by atoms with Gasteiger partial charge < -0.3 is 10.6 Å². The first kappa shape index (κ1) is 20.1. The van der Waals surface area contributed by atoms with Crippen molar-refractivity contribution in [3.63, 3.8) is 0 Å². The van der Waals surface area contributed by atoms with Gasteiger partial charge in [0.2, 0.25) is 0 Å². The molecule has 2 N–H and O–H groups in total. The highest BCUT2D eigenvalue weighted by Crippen LogP contribution is 2.31. The molecule has 8 heteroatoms. The maximum Gasteiger partial charge on any atom is 0.417 e. The summed E-state index contributed by atoms with van der Waals surface area (Å²) in [5, 5.41) is 5.19. The number of hydrogen-bond acceptors (Lipinski definition) is 3. The van der Waals surface area contributed by atoms with Gasteiger partial charge in [0.05, 0.1) is 16.7 Å². The SMILES string of the molecule is O=C(Nc1ccccc1CNC(=O)c1ccccc1C(F)(F)F)c1cccnc1. The zero-order chi connectivity index (χ0) is 20.9. The summed E-state index contributed by atoms with van der Waals surface area (Å²) in [6.45, 7) is -0.0610.